The molecule has 0 bridgehead atoms. The third kappa shape index (κ3) is 2.59. The van der Waals surface area contributed by atoms with Crippen molar-refractivity contribution < 1.29 is 4.92 Å². The number of fused-ring (bicyclic) bond motifs is 3. The summed E-state index contributed by atoms with van der Waals surface area (Å²) in [5, 5.41) is 20.3. The molecule has 0 unspecified atom stereocenters. The van der Waals surface area contributed by atoms with Gasteiger partial charge in [0.15, 0.2) is 11.5 Å². The number of hydrogen-bond donors (Lipinski definition) is 0. The molecule has 9 nitrogen and oxygen atoms in total. The van der Waals surface area contributed by atoms with Gasteiger partial charge in [0.05, 0.1) is 28.9 Å². The van der Waals surface area contributed by atoms with Gasteiger partial charge in [-0.2, -0.15) is 4.68 Å². The van der Waals surface area contributed by atoms with E-state index < -0.39 is 4.92 Å². The van der Waals surface area contributed by atoms with Crippen LogP contribution in [-0.2, 0) is 6.54 Å². The number of para-hydroxylation sites is 1. The van der Waals surface area contributed by atoms with Gasteiger partial charge in [0.1, 0.15) is 6.33 Å². The van der Waals surface area contributed by atoms with Crippen LogP contribution in [0.1, 0.15) is 24.4 Å². The van der Waals surface area contributed by atoms with Crippen LogP contribution in [0.4, 0.5) is 5.82 Å². The van der Waals surface area contributed by atoms with E-state index in [0.29, 0.717) is 12.4 Å². The summed E-state index contributed by atoms with van der Waals surface area (Å²) in [4.78, 5) is 19.4. The number of nitrogens with zero attached hydrogens (tertiary/aromatic N) is 7. The Bertz CT molecular complexity index is 1100. The zero-order valence-electron chi connectivity index (χ0n) is 13.7. The fraction of sp³-hybridized carbons (Fsp3) is 0.250. The molecular weight excluding hydrogens is 322 g/mol. The zero-order valence-corrected chi connectivity index (χ0v) is 13.7. The van der Waals surface area contributed by atoms with Crippen molar-refractivity contribution in [1.29, 1.82) is 0 Å². The normalized spacial score (nSPS) is 12.7. The van der Waals surface area contributed by atoms with Gasteiger partial charge in [-0.05, 0) is 24.0 Å². The van der Waals surface area contributed by atoms with Crippen molar-refractivity contribution in [3.63, 3.8) is 0 Å². The van der Waals surface area contributed by atoms with Crippen molar-refractivity contribution >= 4 is 22.4 Å². The summed E-state index contributed by atoms with van der Waals surface area (Å²) in [6, 6.07) is 9.22. The van der Waals surface area contributed by atoms with Gasteiger partial charge in [0.25, 0.3) is 0 Å². The van der Waals surface area contributed by atoms with Crippen LogP contribution >= 0.6 is 0 Å². The van der Waals surface area contributed by atoms with E-state index in [0.717, 1.165) is 22.2 Å². The van der Waals surface area contributed by atoms with E-state index >= 15 is 0 Å². The summed E-state index contributed by atoms with van der Waals surface area (Å²) < 4.78 is 3.28. The van der Waals surface area contributed by atoms with Crippen LogP contribution in [0, 0.1) is 17.0 Å². The number of aryl methyl sites for hydroxylation is 1. The molecule has 3 aromatic heterocycles. The highest BCUT2D eigenvalue weighted by atomic mass is 16.6. The van der Waals surface area contributed by atoms with Crippen LogP contribution < -0.4 is 0 Å². The number of aromatic nitrogens is 6. The molecule has 0 aliphatic rings. The molecule has 1 aromatic carbocycles. The summed E-state index contributed by atoms with van der Waals surface area (Å²) >= 11 is 0. The number of benzene rings is 1. The maximum Gasteiger partial charge on any atom is 0.390 e. The first kappa shape index (κ1) is 15.2. The Labute approximate surface area is 142 Å². The first-order chi connectivity index (χ1) is 12.0. The Balaban J connectivity index is 1.69. The maximum atomic E-state index is 10.9. The largest absolute Gasteiger partial charge is 0.390 e. The van der Waals surface area contributed by atoms with Crippen LogP contribution in [0.2, 0.25) is 0 Å². The van der Waals surface area contributed by atoms with Gasteiger partial charge in [-0.25, -0.2) is 14.5 Å². The van der Waals surface area contributed by atoms with Gasteiger partial charge in [-0.15, -0.1) is 5.10 Å². The number of nitro groups is 1. The van der Waals surface area contributed by atoms with E-state index in [1.165, 1.54) is 6.07 Å². The van der Waals surface area contributed by atoms with E-state index in [4.69, 9.17) is 0 Å². The summed E-state index contributed by atoms with van der Waals surface area (Å²) in [6.07, 6.45) is 1.64. The molecule has 9 heteroatoms. The van der Waals surface area contributed by atoms with Gasteiger partial charge in [-0.3, -0.25) is 0 Å². The van der Waals surface area contributed by atoms with Gasteiger partial charge in [0, 0.05) is 11.3 Å². The predicted octanol–water partition coefficient (Wildman–Crippen LogP) is 2.49. The molecular formula is C16H15N7O2. The van der Waals surface area contributed by atoms with E-state index in [1.54, 1.807) is 22.4 Å². The molecule has 0 N–H and O–H groups in total. The second kappa shape index (κ2) is 5.62. The Morgan fingerprint density at radius 1 is 1.28 bits per heavy atom. The van der Waals surface area contributed by atoms with E-state index in [1.807, 2.05) is 31.2 Å². The average molecular weight is 337 g/mol. The van der Waals surface area contributed by atoms with Gasteiger partial charge >= 0.3 is 5.82 Å². The molecule has 3 heterocycles. The minimum absolute atomic E-state index is 0.0585. The van der Waals surface area contributed by atoms with Crippen molar-refractivity contribution in [1.82, 2.24) is 29.4 Å². The molecule has 0 aliphatic carbocycles. The molecule has 0 fully saturated rings. The Hall–Kier alpha value is -3.36. The molecule has 0 spiro atoms. The van der Waals surface area contributed by atoms with Crippen molar-refractivity contribution in [3.05, 3.63) is 58.3 Å². The van der Waals surface area contributed by atoms with Crippen molar-refractivity contribution in [2.45, 2.75) is 26.3 Å². The SMILES string of the molecule is Cc1cc([N+](=O)[O-])nn1C[C@@H](C)c1nc2c3ccccc3ncn2n1. The summed E-state index contributed by atoms with van der Waals surface area (Å²) in [5.74, 6) is 0.440. The zero-order chi connectivity index (χ0) is 17.6. The number of rotatable bonds is 4. The Morgan fingerprint density at radius 3 is 2.84 bits per heavy atom. The molecule has 25 heavy (non-hydrogen) atoms. The molecule has 1 atom stereocenters. The van der Waals surface area contributed by atoms with Crippen LogP contribution in [0.25, 0.3) is 16.6 Å². The van der Waals surface area contributed by atoms with Crippen LogP contribution in [0.5, 0.6) is 0 Å². The lowest BCUT2D eigenvalue weighted by atomic mass is 10.1. The van der Waals surface area contributed by atoms with Crippen LogP contribution in [0.3, 0.4) is 0 Å². The average Bonchev–Trinajstić information content (AvgIpc) is 3.19. The highest BCUT2D eigenvalue weighted by Gasteiger charge is 2.20. The van der Waals surface area contributed by atoms with Crippen LogP contribution in [-0.4, -0.2) is 34.3 Å². The smallest absolute Gasteiger partial charge is 0.358 e. The maximum absolute atomic E-state index is 10.9. The third-order valence-corrected chi connectivity index (χ3v) is 4.14. The van der Waals surface area contributed by atoms with Crippen molar-refractivity contribution in [2.75, 3.05) is 0 Å². The highest BCUT2D eigenvalue weighted by molar-refractivity contribution is 5.90. The first-order valence-electron chi connectivity index (χ1n) is 7.82. The molecule has 0 radical (unpaired) electrons. The fourth-order valence-corrected chi connectivity index (χ4v) is 2.81. The molecule has 126 valence electrons. The second-order valence-electron chi connectivity index (χ2n) is 5.98. The molecule has 0 saturated heterocycles. The molecule has 0 amide bonds. The van der Waals surface area contributed by atoms with Gasteiger partial charge in [0.2, 0.25) is 0 Å². The van der Waals surface area contributed by atoms with E-state index in [9.17, 15) is 10.1 Å². The van der Waals surface area contributed by atoms with Crippen molar-refractivity contribution in [3.8, 4) is 0 Å². The molecule has 4 aromatic rings. The lowest BCUT2D eigenvalue weighted by molar-refractivity contribution is -0.389. The third-order valence-electron chi connectivity index (χ3n) is 4.14. The predicted molar refractivity (Wildman–Crippen MR) is 90.3 cm³/mol. The monoisotopic (exact) mass is 337 g/mol. The summed E-state index contributed by atoms with van der Waals surface area (Å²) in [5.41, 5.74) is 2.34. The standard InChI is InChI=1S/C16H15N7O2/c1-10(8-21-11(2)7-14(19-21)23(24)25)15-18-16-12-5-3-4-6-13(12)17-9-22(16)20-15/h3-7,9-10H,8H2,1-2H3/t10-/m1/s1. The fourth-order valence-electron chi connectivity index (χ4n) is 2.81. The highest BCUT2D eigenvalue weighted by Crippen LogP contribution is 2.21. The van der Waals surface area contributed by atoms with Gasteiger partial charge < -0.3 is 10.1 Å². The topological polar surface area (TPSA) is 104 Å². The molecule has 4 rings (SSSR count). The Kier molecular flexibility index (Phi) is 3.41. The quantitative estimate of drug-likeness (QED) is 0.418. The lowest BCUT2D eigenvalue weighted by Crippen LogP contribution is -2.11. The molecule has 0 saturated carbocycles. The van der Waals surface area contributed by atoms with Gasteiger partial charge in [-0.1, -0.05) is 19.1 Å². The van der Waals surface area contributed by atoms with Crippen LogP contribution in [0.15, 0.2) is 36.7 Å². The second-order valence-corrected chi connectivity index (χ2v) is 5.98. The van der Waals surface area contributed by atoms with E-state index in [2.05, 4.69) is 20.2 Å². The Morgan fingerprint density at radius 2 is 2.08 bits per heavy atom. The molecule has 0 aliphatic heterocycles. The lowest BCUT2D eigenvalue weighted by Gasteiger charge is -2.05. The number of hydrogen-bond acceptors (Lipinski definition) is 6. The van der Waals surface area contributed by atoms with Crippen molar-refractivity contribution in [2.24, 2.45) is 0 Å². The summed E-state index contributed by atoms with van der Waals surface area (Å²) in [6.45, 7) is 4.22. The minimum Gasteiger partial charge on any atom is -0.358 e. The van der Waals surface area contributed by atoms with E-state index in [-0.39, 0.29) is 11.7 Å². The minimum atomic E-state index is -0.491. The first-order valence-corrected chi connectivity index (χ1v) is 7.82. The summed E-state index contributed by atoms with van der Waals surface area (Å²) in [7, 11) is 0.